The van der Waals surface area contributed by atoms with Crippen molar-refractivity contribution in [2.45, 2.75) is 50.3 Å². The summed E-state index contributed by atoms with van der Waals surface area (Å²) in [5, 5.41) is 24.0. The van der Waals surface area contributed by atoms with E-state index in [2.05, 4.69) is 5.32 Å². The number of para-hydroxylation sites is 1. The van der Waals surface area contributed by atoms with Crippen LogP contribution in [0.15, 0.2) is 48.5 Å². The van der Waals surface area contributed by atoms with Crippen molar-refractivity contribution in [3.63, 3.8) is 0 Å². The highest BCUT2D eigenvalue weighted by molar-refractivity contribution is 5.90. The highest BCUT2D eigenvalue weighted by Gasteiger charge is 2.44. The van der Waals surface area contributed by atoms with Gasteiger partial charge in [-0.1, -0.05) is 42.5 Å². The zero-order valence-corrected chi connectivity index (χ0v) is 17.8. The molecule has 3 aliphatic rings. The van der Waals surface area contributed by atoms with Gasteiger partial charge in [0.2, 0.25) is 11.8 Å². The maximum atomic E-state index is 13.4. The summed E-state index contributed by atoms with van der Waals surface area (Å²) < 4.78 is 5.64. The summed E-state index contributed by atoms with van der Waals surface area (Å²) in [4.78, 5) is 29.7. The lowest BCUT2D eigenvalue weighted by atomic mass is 10.1. The van der Waals surface area contributed by atoms with E-state index >= 15 is 0 Å². The number of hydrogen-bond acceptors (Lipinski definition) is 6. The van der Waals surface area contributed by atoms with Crippen LogP contribution in [0.4, 0.5) is 0 Å². The number of amides is 2. The Morgan fingerprint density at radius 1 is 1.09 bits per heavy atom. The maximum Gasteiger partial charge on any atom is 0.243 e. The molecule has 8 nitrogen and oxygen atoms in total. The van der Waals surface area contributed by atoms with Gasteiger partial charge in [0.15, 0.2) is 0 Å². The fourth-order valence-electron chi connectivity index (χ4n) is 4.98. The Hall–Kier alpha value is -2.94. The van der Waals surface area contributed by atoms with Crippen LogP contribution in [0.5, 0.6) is 5.75 Å². The van der Waals surface area contributed by atoms with Crippen molar-refractivity contribution in [3.8, 4) is 5.75 Å². The number of fused-ring (bicyclic) bond motifs is 2. The summed E-state index contributed by atoms with van der Waals surface area (Å²) in [6, 6.07) is 13.4. The number of nitrogens with zero attached hydrogens (tertiary/aromatic N) is 2. The van der Waals surface area contributed by atoms with Gasteiger partial charge in [0.05, 0.1) is 18.2 Å². The number of ether oxygens (including phenoxy) is 1. The van der Waals surface area contributed by atoms with E-state index in [1.807, 2.05) is 48.5 Å². The molecular weight excluding hydrogens is 410 g/mol. The number of likely N-dealkylation sites (tertiary alicyclic amines) is 1. The third-order valence-corrected chi connectivity index (χ3v) is 6.74. The molecule has 5 rings (SSSR count). The lowest BCUT2D eigenvalue weighted by Crippen LogP contribution is -2.52. The molecule has 8 heteroatoms. The van der Waals surface area contributed by atoms with Crippen LogP contribution in [0.1, 0.15) is 42.3 Å². The van der Waals surface area contributed by atoms with Gasteiger partial charge in [-0.3, -0.25) is 14.5 Å². The summed E-state index contributed by atoms with van der Waals surface area (Å²) >= 11 is 0. The van der Waals surface area contributed by atoms with Crippen LogP contribution in [0.25, 0.3) is 0 Å². The average molecular weight is 437 g/mol. The van der Waals surface area contributed by atoms with E-state index in [1.54, 1.807) is 11.8 Å². The Kier molecular flexibility index (Phi) is 5.36. The molecule has 168 valence electrons. The van der Waals surface area contributed by atoms with Gasteiger partial charge in [0.1, 0.15) is 24.6 Å². The summed E-state index contributed by atoms with van der Waals surface area (Å²) in [5.74, 6) is 0.155. The smallest absolute Gasteiger partial charge is 0.243 e. The fourth-order valence-corrected chi connectivity index (χ4v) is 4.98. The molecule has 1 saturated heterocycles. The maximum absolute atomic E-state index is 13.4. The molecule has 0 radical (unpaired) electrons. The Bertz CT molecular complexity index is 1040. The molecule has 3 N–H and O–H groups in total. The first-order chi connectivity index (χ1) is 15.4. The molecule has 3 heterocycles. The van der Waals surface area contributed by atoms with E-state index in [0.717, 1.165) is 22.4 Å². The molecule has 0 aliphatic carbocycles. The zero-order valence-electron chi connectivity index (χ0n) is 17.8. The highest BCUT2D eigenvalue weighted by atomic mass is 16.5. The fraction of sp³-hybridized carbons (Fsp3) is 0.417. The number of carbonyl (C=O) groups is 2. The zero-order chi connectivity index (χ0) is 22.4. The van der Waals surface area contributed by atoms with Crippen molar-refractivity contribution < 1.29 is 24.5 Å². The molecule has 2 unspecified atom stereocenters. The van der Waals surface area contributed by atoms with Crippen molar-refractivity contribution >= 4 is 11.8 Å². The van der Waals surface area contributed by atoms with Crippen molar-refractivity contribution in [2.24, 2.45) is 0 Å². The molecule has 1 fully saturated rings. The van der Waals surface area contributed by atoms with E-state index in [9.17, 15) is 19.8 Å². The highest BCUT2D eigenvalue weighted by Crippen LogP contribution is 2.35. The van der Waals surface area contributed by atoms with Gasteiger partial charge in [0.25, 0.3) is 0 Å². The minimum Gasteiger partial charge on any atom is -0.491 e. The number of aliphatic hydroxyl groups is 2. The monoisotopic (exact) mass is 437 g/mol. The summed E-state index contributed by atoms with van der Waals surface area (Å²) in [7, 11) is 0. The Balaban J connectivity index is 1.29. The Morgan fingerprint density at radius 3 is 2.59 bits per heavy atom. The minimum atomic E-state index is -0.878. The van der Waals surface area contributed by atoms with Gasteiger partial charge in [0, 0.05) is 25.1 Å². The molecule has 2 aromatic carbocycles. The van der Waals surface area contributed by atoms with Crippen LogP contribution in [0, 0.1) is 0 Å². The standard InChI is InChI=1S/C24H27N3O5/c1-14(26-11-15-6-2-3-7-17(15)24(26)31)23(30)27-12-16(28)10-20(27)22(29)25-19-13-32-21-9-5-4-8-18(19)21/h2-9,14,16,19-20,24,28,31H,10-13H2,1H3,(H,25,29)/t14-,16+,19?,20-,24?/m0/s1. The molecule has 2 amide bonds. The Morgan fingerprint density at radius 2 is 1.81 bits per heavy atom. The molecular formula is C24H27N3O5. The number of aliphatic hydroxyl groups excluding tert-OH is 2. The predicted molar refractivity (Wildman–Crippen MR) is 115 cm³/mol. The Labute approximate surface area is 186 Å². The molecule has 0 saturated carbocycles. The summed E-state index contributed by atoms with van der Waals surface area (Å²) in [5.41, 5.74) is 2.68. The van der Waals surface area contributed by atoms with Crippen LogP contribution in [0.3, 0.4) is 0 Å². The average Bonchev–Trinajstić information content (AvgIpc) is 3.49. The first kappa shape index (κ1) is 20.9. The molecule has 32 heavy (non-hydrogen) atoms. The van der Waals surface area contributed by atoms with Gasteiger partial charge < -0.3 is 25.2 Å². The first-order valence-corrected chi connectivity index (χ1v) is 11.0. The van der Waals surface area contributed by atoms with Crippen LogP contribution in [-0.4, -0.2) is 63.2 Å². The number of carbonyl (C=O) groups excluding carboxylic acids is 2. The number of hydrogen-bond donors (Lipinski definition) is 3. The summed E-state index contributed by atoms with van der Waals surface area (Å²) in [6.07, 6.45) is -1.46. The van der Waals surface area contributed by atoms with Crippen LogP contribution in [0.2, 0.25) is 0 Å². The normalized spacial score (nSPS) is 27.5. The third-order valence-electron chi connectivity index (χ3n) is 6.74. The van der Waals surface area contributed by atoms with Gasteiger partial charge in [-0.05, 0) is 24.1 Å². The lowest BCUT2D eigenvalue weighted by Gasteiger charge is -2.32. The topological polar surface area (TPSA) is 102 Å². The van der Waals surface area contributed by atoms with Crippen LogP contribution in [-0.2, 0) is 16.1 Å². The van der Waals surface area contributed by atoms with E-state index in [1.165, 1.54) is 4.90 Å². The van der Waals surface area contributed by atoms with Crippen LogP contribution < -0.4 is 10.1 Å². The lowest BCUT2D eigenvalue weighted by molar-refractivity contribution is -0.146. The van der Waals surface area contributed by atoms with Gasteiger partial charge >= 0.3 is 0 Å². The molecule has 0 aromatic heterocycles. The number of benzene rings is 2. The van der Waals surface area contributed by atoms with E-state index < -0.39 is 24.4 Å². The van der Waals surface area contributed by atoms with Crippen LogP contribution >= 0.6 is 0 Å². The third kappa shape index (κ3) is 3.54. The number of nitrogens with one attached hydrogen (secondary N) is 1. The number of β-amino-alcohol motifs (C(OH)–C–C–N with tert-alkyl or cyclic N) is 1. The second-order valence-corrected chi connectivity index (χ2v) is 8.73. The summed E-state index contributed by atoms with van der Waals surface area (Å²) in [6.45, 7) is 2.62. The number of rotatable bonds is 4. The van der Waals surface area contributed by atoms with E-state index in [0.29, 0.717) is 13.2 Å². The van der Waals surface area contributed by atoms with Crippen molar-refractivity contribution in [2.75, 3.05) is 13.2 Å². The minimum absolute atomic E-state index is 0.0932. The molecule has 0 bridgehead atoms. The predicted octanol–water partition coefficient (Wildman–Crippen LogP) is 1.09. The molecule has 0 spiro atoms. The largest absolute Gasteiger partial charge is 0.491 e. The first-order valence-electron chi connectivity index (χ1n) is 11.0. The van der Waals surface area contributed by atoms with Gasteiger partial charge in [-0.25, -0.2) is 0 Å². The second kappa shape index (κ2) is 8.20. The van der Waals surface area contributed by atoms with Crippen molar-refractivity contribution in [3.05, 3.63) is 65.2 Å². The van der Waals surface area contributed by atoms with Gasteiger partial charge in [-0.2, -0.15) is 0 Å². The quantitative estimate of drug-likeness (QED) is 0.662. The molecule has 2 aromatic rings. The van der Waals surface area contributed by atoms with E-state index in [-0.39, 0.29) is 30.8 Å². The molecule has 5 atom stereocenters. The van der Waals surface area contributed by atoms with Gasteiger partial charge in [-0.15, -0.1) is 0 Å². The van der Waals surface area contributed by atoms with Crippen molar-refractivity contribution in [1.29, 1.82) is 0 Å². The molecule has 3 aliphatic heterocycles. The SMILES string of the molecule is C[C@@H](C(=O)N1C[C@H](O)C[C@H]1C(=O)NC1COc2ccccc21)N1Cc2ccccc2C1O. The van der Waals surface area contributed by atoms with E-state index in [4.69, 9.17) is 4.74 Å². The van der Waals surface area contributed by atoms with Crippen molar-refractivity contribution in [1.82, 2.24) is 15.1 Å². The second-order valence-electron chi connectivity index (χ2n) is 8.73.